The minimum Gasteiger partial charge on any atom is -0.383 e. The fourth-order valence-electron chi connectivity index (χ4n) is 2.79. The maximum atomic E-state index is 12.8. The highest BCUT2D eigenvalue weighted by Gasteiger charge is 2.19. The Kier molecular flexibility index (Phi) is 6.20. The highest BCUT2D eigenvalue weighted by Crippen LogP contribution is 2.30. The molecule has 3 aromatic rings. The molecule has 0 saturated carbocycles. The molecule has 0 radical (unpaired) electrons. The molecule has 0 aliphatic heterocycles. The Bertz CT molecular complexity index is 934. The van der Waals surface area contributed by atoms with Crippen molar-refractivity contribution < 1.29 is 14.1 Å². The van der Waals surface area contributed by atoms with E-state index in [1.54, 1.807) is 18.4 Å². The third-order valence-corrected chi connectivity index (χ3v) is 5.33. The van der Waals surface area contributed by atoms with Gasteiger partial charge in [0.15, 0.2) is 0 Å². The third-order valence-electron chi connectivity index (χ3n) is 4.31. The van der Waals surface area contributed by atoms with Gasteiger partial charge in [-0.05, 0) is 39.1 Å². The number of aryl methyl sites for hydroxylation is 2. The lowest BCUT2D eigenvalue weighted by Crippen LogP contribution is -2.34. The first-order valence-electron chi connectivity index (χ1n) is 8.79. The molecular weight excluding hydrogens is 364 g/mol. The van der Waals surface area contributed by atoms with Crippen LogP contribution in [0.25, 0.3) is 21.7 Å². The Morgan fingerprint density at radius 2 is 2.15 bits per heavy atom. The molecule has 0 aromatic carbocycles. The zero-order valence-corrected chi connectivity index (χ0v) is 16.9. The molecule has 7 nitrogen and oxygen atoms in total. The first-order valence-corrected chi connectivity index (χ1v) is 9.60. The molecule has 0 atom stereocenters. The normalized spacial score (nSPS) is 11.4. The van der Waals surface area contributed by atoms with Crippen molar-refractivity contribution in [1.82, 2.24) is 20.4 Å². The van der Waals surface area contributed by atoms with Crippen molar-refractivity contribution >= 4 is 28.3 Å². The molecule has 0 bridgehead atoms. The molecule has 3 rings (SSSR count). The summed E-state index contributed by atoms with van der Waals surface area (Å²) in [5, 5.41) is 7.63. The van der Waals surface area contributed by atoms with Gasteiger partial charge in [0.2, 0.25) is 0 Å². The predicted molar refractivity (Wildman–Crippen MR) is 106 cm³/mol. The molecule has 1 N–H and O–H groups in total. The van der Waals surface area contributed by atoms with Crippen molar-refractivity contribution in [3.8, 4) is 10.6 Å². The monoisotopic (exact) mass is 388 g/mol. The molecular formula is C19H24N4O3S. The van der Waals surface area contributed by atoms with Crippen LogP contribution in [0.1, 0.15) is 20.9 Å². The van der Waals surface area contributed by atoms with E-state index in [0.29, 0.717) is 35.5 Å². The number of rotatable bonds is 8. The van der Waals surface area contributed by atoms with Crippen LogP contribution in [0.5, 0.6) is 0 Å². The van der Waals surface area contributed by atoms with Crippen molar-refractivity contribution in [2.24, 2.45) is 0 Å². The van der Waals surface area contributed by atoms with Gasteiger partial charge in [-0.15, -0.1) is 11.3 Å². The van der Waals surface area contributed by atoms with Gasteiger partial charge in [-0.25, -0.2) is 4.98 Å². The maximum absolute atomic E-state index is 12.8. The lowest BCUT2D eigenvalue weighted by atomic mass is 10.1. The van der Waals surface area contributed by atoms with Crippen LogP contribution in [0.4, 0.5) is 0 Å². The first-order chi connectivity index (χ1) is 13.0. The van der Waals surface area contributed by atoms with Crippen molar-refractivity contribution in [1.29, 1.82) is 0 Å². The largest absolute Gasteiger partial charge is 0.383 e. The molecule has 1 amide bonds. The van der Waals surface area contributed by atoms with Gasteiger partial charge in [-0.1, -0.05) is 5.16 Å². The summed E-state index contributed by atoms with van der Waals surface area (Å²) >= 11 is 1.63. The van der Waals surface area contributed by atoms with Gasteiger partial charge in [-0.3, -0.25) is 4.79 Å². The lowest BCUT2D eigenvalue weighted by molar-refractivity contribution is 0.0949. The van der Waals surface area contributed by atoms with Gasteiger partial charge in [0.05, 0.1) is 33.8 Å². The Balaban J connectivity index is 1.81. The zero-order valence-electron chi connectivity index (χ0n) is 16.0. The second kappa shape index (κ2) is 8.60. The Morgan fingerprint density at radius 1 is 1.33 bits per heavy atom. The van der Waals surface area contributed by atoms with Crippen LogP contribution in [0.15, 0.2) is 22.7 Å². The number of nitrogens with zero attached hydrogens (tertiary/aromatic N) is 3. The van der Waals surface area contributed by atoms with Gasteiger partial charge in [0, 0.05) is 31.6 Å². The topological polar surface area (TPSA) is 80.5 Å². The van der Waals surface area contributed by atoms with Crippen molar-refractivity contribution in [2.75, 3.05) is 40.4 Å². The fraction of sp³-hybridized carbons (Fsp3) is 0.421. The number of carbonyl (C=O) groups is 1. The minimum absolute atomic E-state index is 0.150. The standard InChI is InChI=1S/C19H24N4O3S/c1-12-5-6-16(27-12)15-11-14(17-13(2)22-26-19(17)21-15)18(24)20-7-8-23(3)9-10-25-4/h5-6,11H,7-10H2,1-4H3,(H,20,24). The molecule has 0 saturated heterocycles. The summed E-state index contributed by atoms with van der Waals surface area (Å²) < 4.78 is 10.4. The fourth-order valence-corrected chi connectivity index (χ4v) is 3.61. The van der Waals surface area contributed by atoms with Crippen LogP contribution in [0, 0.1) is 13.8 Å². The lowest BCUT2D eigenvalue weighted by Gasteiger charge is -2.16. The summed E-state index contributed by atoms with van der Waals surface area (Å²) in [6.45, 7) is 6.62. The van der Waals surface area contributed by atoms with E-state index in [9.17, 15) is 4.79 Å². The molecule has 0 unspecified atom stereocenters. The molecule has 3 aromatic heterocycles. The van der Waals surface area contributed by atoms with Crippen molar-refractivity contribution in [3.05, 3.63) is 34.3 Å². The van der Waals surface area contributed by atoms with E-state index in [-0.39, 0.29) is 5.91 Å². The van der Waals surface area contributed by atoms with Gasteiger partial charge >= 0.3 is 0 Å². The van der Waals surface area contributed by atoms with E-state index in [0.717, 1.165) is 23.7 Å². The Morgan fingerprint density at radius 3 is 2.85 bits per heavy atom. The minimum atomic E-state index is -0.150. The number of fused-ring (bicyclic) bond motifs is 1. The number of hydrogen-bond acceptors (Lipinski definition) is 7. The van der Waals surface area contributed by atoms with E-state index in [4.69, 9.17) is 9.26 Å². The van der Waals surface area contributed by atoms with Crippen LogP contribution >= 0.6 is 11.3 Å². The molecule has 0 spiro atoms. The van der Waals surface area contributed by atoms with Crippen LogP contribution in [0.2, 0.25) is 0 Å². The highest BCUT2D eigenvalue weighted by atomic mass is 32.1. The van der Waals surface area contributed by atoms with Crippen LogP contribution in [0.3, 0.4) is 0 Å². The highest BCUT2D eigenvalue weighted by molar-refractivity contribution is 7.15. The molecule has 0 aliphatic rings. The number of aromatic nitrogens is 2. The predicted octanol–water partition coefficient (Wildman–Crippen LogP) is 2.88. The molecule has 0 aliphatic carbocycles. The number of pyridine rings is 1. The van der Waals surface area contributed by atoms with Crippen molar-refractivity contribution in [3.63, 3.8) is 0 Å². The van der Waals surface area contributed by atoms with Crippen LogP contribution in [-0.2, 0) is 4.74 Å². The average molecular weight is 388 g/mol. The maximum Gasteiger partial charge on any atom is 0.259 e. The van der Waals surface area contributed by atoms with E-state index >= 15 is 0 Å². The summed E-state index contributed by atoms with van der Waals surface area (Å²) in [6.07, 6.45) is 0. The zero-order chi connectivity index (χ0) is 19.4. The van der Waals surface area contributed by atoms with Gasteiger partial charge in [-0.2, -0.15) is 0 Å². The summed E-state index contributed by atoms with van der Waals surface area (Å²) in [7, 11) is 3.68. The number of methoxy groups -OCH3 is 1. The SMILES string of the molecule is COCCN(C)CCNC(=O)c1cc(-c2ccc(C)s2)nc2onc(C)c12. The summed E-state index contributed by atoms with van der Waals surface area (Å²) in [4.78, 5) is 21.7. The van der Waals surface area contributed by atoms with E-state index in [2.05, 4.69) is 20.4 Å². The number of ether oxygens (including phenoxy) is 1. The van der Waals surface area contributed by atoms with Crippen molar-refractivity contribution in [2.45, 2.75) is 13.8 Å². The summed E-state index contributed by atoms with van der Waals surface area (Å²) in [5.41, 5.74) is 2.31. The van der Waals surface area contributed by atoms with Gasteiger partial charge < -0.3 is 19.5 Å². The molecule has 27 heavy (non-hydrogen) atoms. The van der Waals surface area contributed by atoms with E-state index < -0.39 is 0 Å². The third kappa shape index (κ3) is 4.52. The second-order valence-corrected chi connectivity index (χ2v) is 7.75. The molecule has 8 heteroatoms. The van der Waals surface area contributed by atoms with E-state index in [1.165, 1.54) is 4.88 Å². The van der Waals surface area contributed by atoms with E-state index in [1.807, 2.05) is 39.1 Å². The summed E-state index contributed by atoms with van der Waals surface area (Å²) in [5.74, 6) is -0.150. The molecule has 0 fully saturated rings. The second-order valence-electron chi connectivity index (χ2n) is 6.47. The number of nitrogens with one attached hydrogen (secondary N) is 1. The van der Waals surface area contributed by atoms with Crippen LogP contribution < -0.4 is 5.32 Å². The number of amides is 1. The van der Waals surface area contributed by atoms with Gasteiger partial charge in [0.25, 0.3) is 11.6 Å². The quantitative estimate of drug-likeness (QED) is 0.639. The number of hydrogen-bond donors (Lipinski definition) is 1. The average Bonchev–Trinajstić information content (AvgIpc) is 3.25. The number of thiophene rings is 1. The van der Waals surface area contributed by atoms with Crippen LogP contribution in [-0.4, -0.2) is 61.3 Å². The summed E-state index contributed by atoms with van der Waals surface area (Å²) in [6, 6.07) is 5.86. The van der Waals surface area contributed by atoms with Gasteiger partial charge in [0.1, 0.15) is 0 Å². The first kappa shape index (κ1) is 19.5. The molecule has 3 heterocycles. The molecule has 144 valence electrons. The Hall–Kier alpha value is -2.29. The number of likely N-dealkylation sites (N-methyl/N-ethyl adjacent to an activating group) is 1. The smallest absolute Gasteiger partial charge is 0.259 e. The Labute approximate surface area is 162 Å². The number of carbonyl (C=O) groups excluding carboxylic acids is 1.